The monoisotopic (exact) mass is 246 g/mol. The normalized spacial score (nSPS) is 21.1. The van der Waals surface area contributed by atoms with Crippen LogP contribution in [0.15, 0.2) is 24.3 Å². The predicted molar refractivity (Wildman–Crippen MR) is 77.8 cm³/mol. The van der Waals surface area contributed by atoms with E-state index in [1.165, 1.54) is 37.1 Å². The number of nitrogens with one attached hydrogen (secondary N) is 1. The summed E-state index contributed by atoms with van der Waals surface area (Å²) >= 11 is 0. The molecule has 1 fully saturated rings. The molecule has 1 unspecified atom stereocenters. The van der Waals surface area contributed by atoms with Crippen molar-refractivity contribution in [2.45, 2.75) is 45.7 Å². The maximum Gasteiger partial charge on any atom is 0.0234 e. The minimum atomic E-state index is 0.693. The number of likely N-dealkylation sites (N-methyl/N-ethyl adjacent to an activating group) is 1. The molecule has 0 aliphatic carbocycles. The molecule has 2 heteroatoms. The van der Waals surface area contributed by atoms with Crippen molar-refractivity contribution in [3.63, 3.8) is 0 Å². The Bertz CT molecular complexity index is 343. The molecule has 0 aromatic heterocycles. The first-order valence-electron chi connectivity index (χ1n) is 7.35. The maximum absolute atomic E-state index is 3.58. The second kappa shape index (κ2) is 6.91. The summed E-state index contributed by atoms with van der Waals surface area (Å²) in [7, 11) is 0. The van der Waals surface area contributed by atoms with Crippen molar-refractivity contribution < 1.29 is 0 Å². The SMILES string of the molecule is CCNC1CCCN(Cc2ccc(CC)cc2)C1. The standard InChI is InChI=1S/C16H26N2/c1-3-14-7-9-15(10-8-14)12-18-11-5-6-16(13-18)17-4-2/h7-10,16-17H,3-6,11-13H2,1-2H3. The molecule has 0 amide bonds. The second-order valence-corrected chi connectivity index (χ2v) is 5.30. The van der Waals surface area contributed by atoms with E-state index < -0.39 is 0 Å². The van der Waals surface area contributed by atoms with E-state index >= 15 is 0 Å². The van der Waals surface area contributed by atoms with Crippen LogP contribution in [0.3, 0.4) is 0 Å². The van der Waals surface area contributed by atoms with Gasteiger partial charge in [-0.3, -0.25) is 4.90 Å². The second-order valence-electron chi connectivity index (χ2n) is 5.30. The molecule has 1 N–H and O–H groups in total. The smallest absolute Gasteiger partial charge is 0.0234 e. The topological polar surface area (TPSA) is 15.3 Å². The lowest BCUT2D eigenvalue weighted by atomic mass is 10.0. The molecule has 0 bridgehead atoms. The van der Waals surface area contributed by atoms with E-state index in [2.05, 4.69) is 48.3 Å². The minimum absolute atomic E-state index is 0.693. The number of piperidine rings is 1. The number of aryl methyl sites for hydroxylation is 1. The van der Waals surface area contributed by atoms with Gasteiger partial charge in [-0.25, -0.2) is 0 Å². The molecule has 1 aliphatic rings. The van der Waals surface area contributed by atoms with E-state index in [1.807, 2.05) is 0 Å². The van der Waals surface area contributed by atoms with Crippen molar-refractivity contribution in [1.82, 2.24) is 10.2 Å². The van der Waals surface area contributed by atoms with Crippen molar-refractivity contribution >= 4 is 0 Å². The van der Waals surface area contributed by atoms with E-state index in [1.54, 1.807) is 0 Å². The van der Waals surface area contributed by atoms with Gasteiger partial charge in [-0.1, -0.05) is 38.1 Å². The fourth-order valence-corrected chi connectivity index (χ4v) is 2.79. The lowest BCUT2D eigenvalue weighted by Gasteiger charge is -2.33. The van der Waals surface area contributed by atoms with Gasteiger partial charge in [-0.2, -0.15) is 0 Å². The molecule has 2 nitrogen and oxygen atoms in total. The van der Waals surface area contributed by atoms with Crippen LogP contribution in [-0.2, 0) is 13.0 Å². The van der Waals surface area contributed by atoms with E-state index in [0.29, 0.717) is 6.04 Å². The number of hydrogen-bond donors (Lipinski definition) is 1. The number of nitrogens with zero attached hydrogens (tertiary/aromatic N) is 1. The molecule has 1 aromatic carbocycles. The minimum Gasteiger partial charge on any atom is -0.313 e. The highest BCUT2D eigenvalue weighted by Crippen LogP contribution is 2.14. The van der Waals surface area contributed by atoms with Crippen molar-refractivity contribution in [3.05, 3.63) is 35.4 Å². The Balaban J connectivity index is 1.87. The summed E-state index contributed by atoms with van der Waals surface area (Å²) in [4.78, 5) is 2.58. The van der Waals surface area contributed by atoms with E-state index in [4.69, 9.17) is 0 Å². The van der Waals surface area contributed by atoms with Crippen LogP contribution in [0.5, 0.6) is 0 Å². The number of rotatable bonds is 5. The van der Waals surface area contributed by atoms with Gasteiger partial charge in [0, 0.05) is 19.1 Å². The average Bonchev–Trinajstić information content (AvgIpc) is 2.40. The largest absolute Gasteiger partial charge is 0.313 e. The van der Waals surface area contributed by atoms with E-state index in [0.717, 1.165) is 19.5 Å². The maximum atomic E-state index is 3.58. The molecular weight excluding hydrogens is 220 g/mol. The lowest BCUT2D eigenvalue weighted by molar-refractivity contribution is 0.184. The average molecular weight is 246 g/mol. The highest BCUT2D eigenvalue weighted by atomic mass is 15.2. The Hall–Kier alpha value is -0.860. The summed E-state index contributed by atoms with van der Waals surface area (Å²) in [5, 5.41) is 3.58. The molecule has 1 saturated heterocycles. The quantitative estimate of drug-likeness (QED) is 0.859. The highest BCUT2D eigenvalue weighted by molar-refractivity contribution is 5.22. The van der Waals surface area contributed by atoms with E-state index in [9.17, 15) is 0 Å². The molecule has 0 spiro atoms. The summed E-state index contributed by atoms with van der Waals surface area (Å²) in [6.07, 6.45) is 3.79. The first-order chi connectivity index (χ1) is 8.81. The zero-order valence-corrected chi connectivity index (χ0v) is 11.8. The molecule has 100 valence electrons. The summed E-state index contributed by atoms with van der Waals surface area (Å²) < 4.78 is 0. The Morgan fingerprint density at radius 2 is 1.89 bits per heavy atom. The number of hydrogen-bond acceptors (Lipinski definition) is 2. The van der Waals surface area contributed by atoms with Crippen LogP contribution in [0, 0.1) is 0 Å². The van der Waals surface area contributed by atoms with Crippen LogP contribution in [0.1, 0.15) is 37.8 Å². The summed E-state index contributed by atoms with van der Waals surface area (Å²) in [6, 6.07) is 9.80. The van der Waals surface area contributed by atoms with Crippen molar-refractivity contribution in [2.75, 3.05) is 19.6 Å². The summed E-state index contributed by atoms with van der Waals surface area (Å²) in [6.45, 7) is 9.04. The Morgan fingerprint density at radius 3 is 2.56 bits per heavy atom. The van der Waals surface area contributed by atoms with Crippen molar-refractivity contribution in [3.8, 4) is 0 Å². The zero-order valence-electron chi connectivity index (χ0n) is 11.8. The molecule has 18 heavy (non-hydrogen) atoms. The molecule has 1 atom stereocenters. The molecule has 1 aromatic rings. The van der Waals surface area contributed by atoms with Crippen LogP contribution in [0.4, 0.5) is 0 Å². The third-order valence-electron chi connectivity index (χ3n) is 3.84. The van der Waals surface area contributed by atoms with Gasteiger partial charge in [0.2, 0.25) is 0 Å². The van der Waals surface area contributed by atoms with Gasteiger partial charge in [0.05, 0.1) is 0 Å². The fraction of sp³-hybridized carbons (Fsp3) is 0.625. The molecular formula is C16H26N2. The Morgan fingerprint density at radius 1 is 1.17 bits per heavy atom. The Kier molecular flexibility index (Phi) is 5.21. The van der Waals surface area contributed by atoms with Crippen molar-refractivity contribution in [1.29, 1.82) is 0 Å². The predicted octanol–water partition coefficient (Wildman–Crippen LogP) is 2.82. The lowest BCUT2D eigenvalue weighted by Crippen LogP contribution is -2.45. The summed E-state index contributed by atoms with van der Waals surface area (Å²) in [5.74, 6) is 0. The van der Waals surface area contributed by atoms with Gasteiger partial charge < -0.3 is 5.32 Å². The zero-order chi connectivity index (χ0) is 12.8. The molecule has 0 radical (unpaired) electrons. The van der Waals surface area contributed by atoms with Gasteiger partial charge in [0.15, 0.2) is 0 Å². The van der Waals surface area contributed by atoms with Gasteiger partial charge in [-0.15, -0.1) is 0 Å². The first-order valence-corrected chi connectivity index (χ1v) is 7.35. The van der Waals surface area contributed by atoms with Crippen LogP contribution < -0.4 is 5.32 Å². The van der Waals surface area contributed by atoms with Gasteiger partial charge in [0.1, 0.15) is 0 Å². The van der Waals surface area contributed by atoms with Crippen LogP contribution in [-0.4, -0.2) is 30.6 Å². The fourth-order valence-electron chi connectivity index (χ4n) is 2.79. The van der Waals surface area contributed by atoms with Crippen LogP contribution in [0.25, 0.3) is 0 Å². The third-order valence-corrected chi connectivity index (χ3v) is 3.84. The number of benzene rings is 1. The molecule has 1 aliphatic heterocycles. The van der Waals surface area contributed by atoms with Crippen molar-refractivity contribution in [2.24, 2.45) is 0 Å². The van der Waals surface area contributed by atoms with Gasteiger partial charge in [-0.05, 0) is 43.5 Å². The Labute approximate surface area is 111 Å². The molecule has 0 saturated carbocycles. The van der Waals surface area contributed by atoms with Gasteiger partial charge in [0.25, 0.3) is 0 Å². The highest BCUT2D eigenvalue weighted by Gasteiger charge is 2.18. The third kappa shape index (κ3) is 3.82. The van der Waals surface area contributed by atoms with Crippen LogP contribution >= 0.6 is 0 Å². The number of likely N-dealkylation sites (tertiary alicyclic amines) is 1. The summed E-state index contributed by atoms with van der Waals surface area (Å²) in [5.41, 5.74) is 2.88. The van der Waals surface area contributed by atoms with Crippen LogP contribution in [0.2, 0.25) is 0 Å². The van der Waals surface area contributed by atoms with Gasteiger partial charge >= 0.3 is 0 Å². The molecule has 2 rings (SSSR count). The first kappa shape index (κ1) is 13.6. The molecule has 1 heterocycles. The van der Waals surface area contributed by atoms with E-state index in [-0.39, 0.29) is 0 Å².